The quantitative estimate of drug-likeness (QED) is 0.289. The summed E-state index contributed by atoms with van der Waals surface area (Å²) in [6.07, 6.45) is 4.82. The maximum Gasteiger partial charge on any atom is 0.335 e. The Morgan fingerprint density at radius 2 is 1.82 bits per heavy atom. The SMILES string of the molecule is C=CCN1C(=O)C(=O)N(CC(=O)NC2CC(N(CC(=O)O)CC3CC3)C2)C1=O. The summed E-state index contributed by atoms with van der Waals surface area (Å²) in [5, 5.41) is 11.8. The van der Waals surface area contributed by atoms with Crippen LogP contribution in [0.15, 0.2) is 12.7 Å². The van der Waals surface area contributed by atoms with Crippen LogP contribution in [0.3, 0.4) is 0 Å². The molecule has 0 atom stereocenters. The van der Waals surface area contributed by atoms with Crippen molar-refractivity contribution < 1.29 is 29.1 Å². The number of rotatable bonds is 10. The van der Waals surface area contributed by atoms with E-state index in [1.807, 2.05) is 4.90 Å². The number of carbonyl (C=O) groups excluding carboxylic acids is 4. The zero-order valence-corrected chi connectivity index (χ0v) is 15.5. The standard InChI is InChI=1S/C18H24N4O6/c1-2-5-21-16(26)17(27)22(18(21)28)9-14(23)19-12-6-13(7-12)20(10-15(24)25)8-11-3-4-11/h2,11-13H,1,3-10H2,(H,19,23)(H,24,25). The van der Waals surface area contributed by atoms with Crippen molar-refractivity contribution in [1.82, 2.24) is 20.0 Å². The van der Waals surface area contributed by atoms with Crippen LogP contribution in [0.25, 0.3) is 0 Å². The zero-order valence-electron chi connectivity index (χ0n) is 15.5. The van der Waals surface area contributed by atoms with Gasteiger partial charge in [0.2, 0.25) is 5.91 Å². The number of aliphatic carboxylic acids is 1. The van der Waals surface area contributed by atoms with E-state index in [4.69, 9.17) is 5.11 Å². The third-order valence-electron chi connectivity index (χ3n) is 5.27. The van der Waals surface area contributed by atoms with Gasteiger partial charge < -0.3 is 10.4 Å². The Balaban J connectivity index is 1.46. The molecule has 1 aliphatic heterocycles. The van der Waals surface area contributed by atoms with Crippen LogP contribution >= 0.6 is 0 Å². The monoisotopic (exact) mass is 392 g/mol. The van der Waals surface area contributed by atoms with Gasteiger partial charge in [-0.15, -0.1) is 6.58 Å². The van der Waals surface area contributed by atoms with Crippen LogP contribution in [-0.2, 0) is 19.2 Å². The molecule has 0 aromatic rings. The van der Waals surface area contributed by atoms with Gasteiger partial charge in [-0.05, 0) is 31.6 Å². The summed E-state index contributed by atoms with van der Waals surface area (Å²) >= 11 is 0. The lowest BCUT2D eigenvalue weighted by molar-refractivity contribution is -0.144. The van der Waals surface area contributed by atoms with Crippen molar-refractivity contribution in [3.63, 3.8) is 0 Å². The van der Waals surface area contributed by atoms with E-state index >= 15 is 0 Å². The lowest BCUT2D eigenvalue weighted by Crippen LogP contribution is -2.56. The van der Waals surface area contributed by atoms with E-state index in [0.717, 1.165) is 24.3 Å². The fraction of sp³-hybridized carbons (Fsp3) is 0.611. The number of imide groups is 2. The Morgan fingerprint density at radius 3 is 2.39 bits per heavy atom. The highest BCUT2D eigenvalue weighted by atomic mass is 16.4. The molecular weight excluding hydrogens is 368 g/mol. The van der Waals surface area contributed by atoms with Crippen molar-refractivity contribution in [2.45, 2.75) is 37.8 Å². The zero-order chi connectivity index (χ0) is 20.4. The van der Waals surface area contributed by atoms with Crippen molar-refractivity contribution in [2.75, 3.05) is 26.2 Å². The minimum atomic E-state index is -1.02. The molecular formula is C18H24N4O6. The summed E-state index contributed by atoms with van der Waals surface area (Å²) in [6.45, 7) is 3.57. The van der Waals surface area contributed by atoms with Crippen LogP contribution in [0, 0.1) is 5.92 Å². The van der Waals surface area contributed by atoms with E-state index in [9.17, 15) is 24.0 Å². The lowest BCUT2D eigenvalue weighted by Gasteiger charge is -2.42. The molecule has 1 heterocycles. The summed E-state index contributed by atoms with van der Waals surface area (Å²) in [5.41, 5.74) is 0. The number of carboxylic acid groups (broad SMARTS) is 1. The molecule has 10 nitrogen and oxygen atoms in total. The van der Waals surface area contributed by atoms with E-state index in [2.05, 4.69) is 11.9 Å². The van der Waals surface area contributed by atoms with E-state index in [0.29, 0.717) is 23.7 Å². The van der Waals surface area contributed by atoms with E-state index in [1.54, 1.807) is 0 Å². The Morgan fingerprint density at radius 1 is 1.18 bits per heavy atom. The Labute approximate surface area is 162 Å². The molecule has 28 heavy (non-hydrogen) atoms. The molecule has 2 N–H and O–H groups in total. The van der Waals surface area contributed by atoms with Crippen LogP contribution in [0.4, 0.5) is 4.79 Å². The third-order valence-corrected chi connectivity index (χ3v) is 5.27. The molecule has 1 saturated heterocycles. The predicted octanol–water partition coefficient (Wildman–Crippen LogP) is -0.593. The maximum atomic E-state index is 12.2. The van der Waals surface area contributed by atoms with Gasteiger partial charge in [0.25, 0.3) is 0 Å². The van der Waals surface area contributed by atoms with Crippen LogP contribution < -0.4 is 5.32 Å². The molecule has 152 valence electrons. The Kier molecular flexibility index (Phi) is 5.78. The van der Waals surface area contributed by atoms with Gasteiger partial charge >= 0.3 is 23.8 Å². The first-order chi connectivity index (χ1) is 13.3. The number of amides is 5. The first-order valence-electron chi connectivity index (χ1n) is 9.33. The van der Waals surface area contributed by atoms with Gasteiger partial charge in [-0.2, -0.15) is 0 Å². The van der Waals surface area contributed by atoms with Gasteiger partial charge in [-0.3, -0.25) is 29.0 Å². The summed E-state index contributed by atoms with van der Waals surface area (Å²) < 4.78 is 0. The second kappa shape index (κ2) is 8.09. The van der Waals surface area contributed by atoms with Crippen molar-refractivity contribution >= 4 is 29.7 Å². The number of hydrogen-bond donors (Lipinski definition) is 2. The topological polar surface area (TPSA) is 127 Å². The van der Waals surface area contributed by atoms with Gasteiger partial charge in [-0.1, -0.05) is 6.08 Å². The maximum absolute atomic E-state index is 12.2. The molecule has 5 amide bonds. The van der Waals surface area contributed by atoms with Gasteiger partial charge in [0.05, 0.1) is 6.54 Å². The third kappa shape index (κ3) is 4.38. The number of nitrogens with zero attached hydrogens (tertiary/aromatic N) is 3. The summed E-state index contributed by atoms with van der Waals surface area (Å²) in [5.74, 6) is -2.81. The summed E-state index contributed by atoms with van der Waals surface area (Å²) in [7, 11) is 0. The first kappa shape index (κ1) is 20.0. The summed E-state index contributed by atoms with van der Waals surface area (Å²) in [4.78, 5) is 62.3. The predicted molar refractivity (Wildman–Crippen MR) is 95.9 cm³/mol. The fourth-order valence-corrected chi connectivity index (χ4v) is 3.55. The van der Waals surface area contributed by atoms with E-state index in [-0.39, 0.29) is 25.2 Å². The molecule has 0 aromatic heterocycles. The molecule has 10 heteroatoms. The molecule has 0 bridgehead atoms. The highest BCUT2D eigenvalue weighted by molar-refractivity contribution is 6.45. The molecule has 0 radical (unpaired) electrons. The smallest absolute Gasteiger partial charge is 0.335 e. The number of hydrogen-bond acceptors (Lipinski definition) is 6. The van der Waals surface area contributed by atoms with Crippen molar-refractivity contribution in [3.8, 4) is 0 Å². The Hall–Kier alpha value is -2.75. The molecule has 2 aliphatic carbocycles. The fourth-order valence-electron chi connectivity index (χ4n) is 3.55. The van der Waals surface area contributed by atoms with Crippen LogP contribution in [0.5, 0.6) is 0 Å². The molecule has 2 saturated carbocycles. The second-order valence-electron chi connectivity index (χ2n) is 7.53. The van der Waals surface area contributed by atoms with Gasteiger partial charge in [-0.25, -0.2) is 9.69 Å². The first-order valence-corrected chi connectivity index (χ1v) is 9.33. The van der Waals surface area contributed by atoms with Crippen molar-refractivity contribution in [3.05, 3.63) is 12.7 Å². The highest BCUT2D eigenvalue weighted by Gasteiger charge is 2.45. The lowest BCUT2D eigenvalue weighted by atomic mass is 9.85. The molecule has 3 fully saturated rings. The molecule has 0 spiro atoms. The minimum Gasteiger partial charge on any atom is -0.480 e. The molecule has 3 aliphatic rings. The number of carboxylic acids is 1. The van der Waals surface area contributed by atoms with Gasteiger partial charge in [0, 0.05) is 25.2 Å². The largest absolute Gasteiger partial charge is 0.480 e. The van der Waals surface area contributed by atoms with Gasteiger partial charge in [0.1, 0.15) is 6.54 Å². The second-order valence-corrected chi connectivity index (χ2v) is 7.53. The highest BCUT2D eigenvalue weighted by Crippen LogP contribution is 2.33. The van der Waals surface area contributed by atoms with Crippen LogP contribution in [0.1, 0.15) is 25.7 Å². The number of urea groups is 1. The number of carbonyl (C=O) groups is 5. The normalized spacial score (nSPS) is 24.5. The van der Waals surface area contributed by atoms with E-state index < -0.39 is 36.3 Å². The summed E-state index contributed by atoms with van der Waals surface area (Å²) in [6, 6.07) is -0.865. The minimum absolute atomic E-state index is 0.0140. The van der Waals surface area contributed by atoms with Gasteiger partial charge in [0.15, 0.2) is 0 Å². The van der Waals surface area contributed by atoms with Crippen molar-refractivity contribution in [1.29, 1.82) is 0 Å². The molecule has 0 unspecified atom stereocenters. The molecule has 3 rings (SSSR count). The molecule has 0 aromatic carbocycles. The average Bonchev–Trinajstić information content (AvgIpc) is 3.38. The Bertz CT molecular complexity index is 713. The van der Waals surface area contributed by atoms with Crippen LogP contribution in [0.2, 0.25) is 0 Å². The number of nitrogens with one attached hydrogen (secondary N) is 1. The van der Waals surface area contributed by atoms with Crippen molar-refractivity contribution in [2.24, 2.45) is 5.92 Å². The van der Waals surface area contributed by atoms with Crippen LogP contribution in [-0.4, -0.2) is 87.8 Å². The van der Waals surface area contributed by atoms with E-state index in [1.165, 1.54) is 6.08 Å². The average molecular weight is 392 g/mol.